The number of piperidine rings is 1. The molecule has 2 aliphatic rings. The van der Waals surface area contributed by atoms with Gasteiger partial charge in [0.1, 0.15) is 17.4 Å². The fourth-order valence-corrected chi connectivity index (χ4v) is 3.83. The maximum absolute atomic E-state index is 13.1. The third-order valence-corrected chi connectivity index (χ3v) is 5.22. The van der Waals surface area contributed by atoms with E-state index >= 15 is 0 Å². The van der Waals surface area contributed by atoms with E-state index in [4.69, 9.17) is 9.47 Å². The molecule has 2 aliphatic heterocycles. The minimum Gasteiger partial charge on any atom is -0.457 e. The number of rotatable bonds is 3. The van der Waals surface area contributed by atoms with Crippen molar-refractivity contribution in [2.75, 3.05) is 13.1 Å². The number of carbonyl (C=O) groups is 2. The van der Waals surface area contributed by atoms with E-state index in [1.165, 1.54) is 0 Å². The first-order chi connectivity index (χ1) is 13.1. The summed E-state index contributed by atoms with van der Waals surface area (Å²) in [4.78, 5) is 27.5. The zero-order valence-electron chi connectivity index (χ0n) is 15.4. The van der Waals surface area contributed by atoms with Crippen molar-refractivity contribution in [1.82, 2.24) is 4.90 Å². The molecule has 2 heterocycles. The molecule has 0 radical (unpaired) electrons. The monoisotopic (exact) mass is 365 g/mol. The molecular weight excluding hydrogens is 342 g/mol. The van der Waals surface area contributed by atoms with Crippen LogP contribution >= 0.6 is 0 Å². The quantitative estimate of drug-likeness (QED) is 0.775. The number of nitrogens with zero attached hydrogens (tertiary/aromatic N) is 1. The second-order valence-corrected chi connectivity index (χ2v) is 7.08. The largest absolute Gasteiger partial charge is 0.457 e. The summed E-state index contributed by atoms with van der Waals surface area (Å²) in [6, 6.07) is 14.9. The molecule has 2 aromatic rings. The molecule has 5 heteroatoms. The van der Waals surface area contributed by atoms with Crippen LogP contribution in [-0.4, -0.2) is 36.0 Å². The van der Waals surface area contributed by atoms with Crippen LogP contribution in [-0.2, 0) is 14.3 Å². The molecule has 0 bridgehead atoms. The molecule has 2 aromatic carbocycles. The highest BCUT2D eigenvalue weighted by atomic mass is 16.5. The first kappa shape index (κ1) is 17.6. The van der Waals surface area contributed by atoms with E-state index in [2.05, 4.69) is 0 Å². The van der Waals surface area contributed by atoms with Crippen LogP contribution in [0.1, 0.15) is 43.2 Å². The van der Waals surface area contributed by atoms with Gasteiger partial charge in [0.25, 0.3) is 5.91 Å². The van der Waals surface area contributed by atoms with Crippen LogP contribution in [0, 0.1) is 0 Å². The summed E-state index contributed by atoms with van der Waals surface area (Å²) >= 11 is 0. The van der Waals surface area contributed by atoms with Gasteiger partial charge < -0.3 is 14.4 Å². The number of fused-ring (bicyclic) bond motifs is 2. The molecule has 1 saturated heterocycles. The topological polar surface area (TPSA) is 55.8 Å². The van der Waals surface area contributed by atoms with Crippen LogP contribution in [0.25, 0.3) is 0 Å². The van der Waals surface area contributed by atoms with Crippen LogP contribution in [0.5, 0.6) is 11.5 Å². The molecule has 140 valence electrons. The van der Waals surface area contributed by atoms with Crippen LogP contribution in [0.3, 0.4) is 0 Å². The van der Waals surface area contributed by atoms with E-state index in [1.807, 2.05) is 48.5 Å². The summed E-state index contributed by atoms with van der Waals surface area (Å²) < 4.78 is 11.6. The third kappa shape index (κ3) is 3.42. The Morgan fingerprint density at radius 1 is 0.963 bits per heavy atom. The van der Waals surface area contributed by atoms with Crippen molar-refractivity contribution in [3.63, 3.8) is 0 Å². The predicted octanol–water partition coefficient (Wildman–Crippen LogP) is 3.87. The van der Waals surface area contributed by atoms with E-state index in [9.17, 15) is 9.59 Å². The summed E-state index contributed by atoms with van der Waals surface area (Å²) in [5.41, 5.74) is 1.53. The SMILES string of the molecule is C[C@@H](OC(=O)C1c2ccccc2Oc2ccccc21)C(=O)N1CCCCC1. The molecule has 27 heavy (non-hydrogen) atoms. The number of hydrogen-bond donors (Lipinski definition) is 0. The first-order valence-corrected chi connectivity index (χ1v) is 9.50. The Hall–Kier alpha value is -2.82. The molecule has 1 fully saturated rings. The number of hydrogen-bond acceptors (Lipinski definition) is 4. The van der Waals surface area contributed by atoms with Gasteiger partial charge in [0.15, 0.2) is 6.10 Å². The van der Waals surface area contributed by atoms with E-state index in [-0.39, 0.29) is 5.91 Å². The number of carbonyl (C=O) groups excluding carboxylic acids is 2. The molecule has 1 amide bonds. The fraction of sp³-hybridized carbons (Fsp3) is 0.364. The second kappa shape index (κ2) is 7.43. The van der Waals surface area contributed by atoms with Gasteiger partial charge in [0.05, 0.1) is 0 Å². The maximum Gasteiger partial charge on any atom is 0.318 e. The Morgan fingerprint density at radius 2 is 1.52 bits per heavy atom. The van der Waals surface area contributed by atoms with Crippen molar-refractivity contribution in [2.24, 2.45) is 0 Å². The van der Waals surface area contributed by atoms with Crippen molar-refractivity contribution < 1.29 is 19.1 Å². The standard InChI is InChI=1S/C22H23NO4/c1-15(21(24)23-13-7-2-8-14-23)26-22(25)20-16-9-3-5-11-18(16)27-19-12-6-4-10-17(19)20/h3-6,9-12,15,20H,2,7-8,13-14H2,1H3/t15-/m1/s1. The Bertz CT molecular complexity index is 811. The minimum absolute atomic E-state index is 0.114. The number of amides is 1. The van der Waals surface area contributed by atoms with Gasteiger partial charge >= 0.3 is 5.97 Å². The van der Waals surface area contributed by atoms with Gasteiger partial charge in [0.2, 0.25) is 0 Å². The lowest BCUT2D eigenvalue weighted by molar-refractivity contribution is -0.160. The molecule has 0 aromatic heterocycles. The summed E-state index contributed by atoms with van der Waals surface area (Å²) in [5.74, 6) is 0.164. The van der Waals surface area contributed by atoms with Crippen LogP contribution in [0.2, 0.25) is 0 Å². The average molecular weight is 365 g/mol. The van der Waals surface area contributed by atoms with Crippen molar-refractivity contribution >= 4 is 11.9 Å². The van der Waals surface area contributed by atoms with Gasteiger partial charge in [-0.05, 0) is 38.3 Å². The number of likely N-dealkylation sites (tertiary alicyclic amines) is 1. The van der Waals surface area contributed by atoms with Gasteiger partial charge in [-0.15, -0.1) is 0 Å². The molecular formula is C22H23NO4. The Labute approximate surface area is 158 Å². The summed E-state index contributed by atoms with van der Waals surface area (Å²) in [6.07, 6.45) is 2.37. The lowest BCUT2D eigenvalue weighted by Gasteiger charge is -2.30. The zero-order chi connectivity index (χ0) is 18.8. The number of para-hydroxylation sites is 2. The van der Waals surface area contributed by atoms with E-state index in [0.717, 1.165) is 43.5 Å². The average Bonchev–Trinajstić information content (AvgIpc) is 2.71. The Balaban J connectivity index is 1.57. The lowest BCUT2D eigenvalue weighted by atomic mass is 9.88. The van der Waals surface area contributed by atoms with Gasteiger partial charge in [0, 0.05) is 24.2 Å². The van der Waals surface area contributed by atoms with Crippen molar-refractivity contribution in [3.8, 4) is 11.5 Å². The summed E-state index contributed by atoms with van der Waals surface area (Å²) in [5, 5.41) is 0. The molecule has 0 unspecified atom stereocenters. The first-order valence-electron chi connectivity index (χ1n) is 9.50. The Kier molecular flexibility index (Phi) is 4.84. The molecule has 0 saturated carbocycles. The van der Waals surface area contributed by atoms with E-state index < -0.39 is 18.0 Å². The smallest absolute Gasteiger partial charge is 0.318 e. The highest BCUT2D eigenvalue weighted by molar-refractivity contribution is 5.89. The maximum atomic E-state index is 13.1. The molecule has 0 aliphatic carbocycles. The number of benzene rings is 2. The molecule has 1 atom stereocenters. The van der Waals surface area contributed by atoms with Crippen LogP contribution in [0.15, 0.2) is 48.5 Å². The van der Waals surface area contributed by atoms with Crippen molar-refractivity contribution in [3.05, 3.63) is 59.7 Å². The number of ether oxygens (including phenoxy) is 2. The highest BCUT2D eigenvalue weighted by Crippen LogP contribution is 2.44. The van der Waals surface area contributed by atoms with Crippen molar-refractivity contribution in [2.45, 2.75) is 38.2 Å². The predicted molar refractivity (Wildman–Crippen MR) is 101 cm³/mol. The van der Waals surface area contributed by atoms with Gasteiger partial charge in [-0.1, -0.05) is 36.4 Å². The summed E-state index contributed by atoms with van der Waals surface area (Å²) in [7, 11) is 0. The normalized spacial score (nSPS) is 17.3. The van der Waals surface area contributed by atoms with E-state index in [1.54, 1.807) is 11.8 Å². The van der Waals surface area contributed by atoms with Crippen molar-refractivity contribution in [1.29, 1.82) is 0 Å². The molecule has 0 N–H and O–H groups in total. The highest BCUT2D eigenvalue weighted by Gasteiger charge is 2.35. The molecule has 0 spiro atoms. The molecule has 5 nitrogen and oxygen atoms in total. The minimum atomic E-state index is -0.794. The lowest BCUT2D eigenvalue weighted by Crippen LogP contribution is -2.43. The molecule has 4 rings (SSSR count). The zero-order valence-corrected chi connectivity index (χ0v) is 15.4. The van der Waals surface area contributed by atoms with E-state index in [0.29, 0.717) is 11.5 Å². The fourth-order valence-electron chi connectivity index (χ4n) is 3.83. The van der Waals surface area contributed by atoms with Crippen LogP contribution < -0.4 is 4.74 Å². The summed E-state index contributed by atoms with van der Waals surface area (Å²) in [6.45, 7) is 3.14. The van der Waals surface area contributed by atoms with Gasteiger partial charge in [-0.3, -0.25) is 9.59 Å². The second-order valence-electron chi connectivity index (χ2n) is 7.08. The van der Waals surface area contributed by atoms with Gasteiger partial charge in [-0.2, -0.15) is 0 Å². The Morgan fingerprint density at radius 3 is 2.11 bits per heavy atom. The van der Waals surface area contributed by atoms with Crippen LogP contribution in [0.4, 0.5) is 0 Å². The third-order valence-electron chi connectivity index (χ3n) is 5.22. The number of esters is 1. The van der Waals surface area contributed by atoms with Gasteiger partial charge in [-0.25, -0.2) is 0 Å².